The standard InChI is InChI=1S/C19H17ClF6N4O2/c20-14-8-13(19(24,25)26)10-30(17(14)32)11-16(31)29-5-1-4-28(6-7-29)15-3-2-12(9-27-15)18(21,22)23/h2-3,8-10H,1,4-7,11H2. The average molecular weight is 483 g/mol. The Morgan fingerprint density at radius 3 is 2.28 bits per heavy atom. The van der Waals surface area contributed by atoms with Crippen LogP contribution in [0.5, 0.6) is 0 Å². The van der Waals surface area contributed by atoms with Gasteiger partial charge in [0.05, 0.1) is 11.1 Å². The maximum atomic E-state index is 13.0. The number of hydrogen-bond acceptors (Lipinski definition) is 4. The first-order valence-corrected chi connectivity index (χ1v) is 9.77. The van der Waals surface area contributed by atoms with Crippen molar-refractivity contribution in [3.8, 4) is 0 Å². The van der Waals surface area contributed by atoms with Crippen molar-refractivity contribution in [3.63, 3.8) is 0 Å². The van der Waals surface area contributed by atoms with Crippen LogP contribution in [0.15, 0.2) is 35.4 Å². The molecule has 1 fully saturated rings. The first kappa shape index (κ1) is 23.9. The van der Waals surface area contributed by atoms with Crippen LogP contribution in [0.25, 0.3) is 0 Å². The van der Waals surface area contributed by atoms with Gasteiger partial charge in [0.2, 0.25) is 5.91 Å². The quantitative estimate of drug-likeness (QED) is 0.626. The highest BCUT2D eigenvalue weighted by molar-refractivity contribution is 6.30. The highest BCUT2D eigenvalue weighted by Gasteiger charge is 2.33. The number of pyridine rings is 2. The van der Waals surface area contributed by atoms with Crippen molar-refractivity contribution in [2.24, 2.45) is 0 Å². The molecule has 0 aromatic carbocycles. The van der Waals surface area contributed by atoms with Crippen molar-refractivity contribution in [1.82, 2.24) is 14.5 Å². The highest BCUT2D eigenvalue weighted by Crippen LogP contribution is 2.30. The van der Waals surface area contributed by atoms with Gasteiger partial charge in [-0.1, -0.05) is 11.6 Å². The lowest BCUT2D eigenvalue weighted by Gasteiger charge is -2.23. The molecule has 1 amide bonds. The van der Waals surface area contributed by atoms with Gasteiger partial charge in [0.1, 0.15) is 17.4 Å². The van der Waals surface area contributed by atoms with E-state index in [-0.39, 0.29) is 19.6 Å². The molecule has 1 aliphatic heterocycles. The van der Waals surface area contributed by atoms with E-state index in [0.29, 0.717) is 35.6 Å². The molecule has 1 aliphatic rings. The Morgan fingerprint density at radius 1 is 1.00 bits per heavy atom. The summed E-state index contributed by atoms with van der Waals surface area (Å²) in [5.74, 6) is -0.266. The number of nitrogens with zero attached hydrogens (tertiary/aromatic N) is 4. The van der Waals surface area contributed by atoms with Crippen molar-refractivity contribution in [2.45, 2.75) is 25.3 Å². The number of hydrogen-bond donors (Lipinski definition) is 0. The van der Waals surface area contributed by atoms with E-state index in [0.717, 1.165) is 12.3 Å². The fourth-order valence-electron chi connectivity index (χ4n) is 3.25. The van der Waals surface area contributed by atoms with Gasteiger partial charge in [-0.2, -0.15) is 26.3 Å². The summed E-state index contributed by atoms with van der Waals surface area (Å²) in [7, 11) is 0. The normalized spacial score (nSPS) is 15.6. The van der Waals surface area contributed by atoms with Crippen LogP contribution in [0.1, 0.15) is 17.5 Å². The van der Waals surface area contributed by atoms with E-state index in [1.54, 1.807) is 4.90 Å². The predicted molar refractivity (Wildman–Crippen MR) is 103 cm³/mol. The summed E-state index contributed by atoms with van der Waals surface area (Å²) >= 11 is 5.60. The Kier molecular flexibility index (Phi) is 6.72. The smallest absolute Gasteiger partial charge is 0.355 e. The van der Waals surface area contributed by atoms with Crippen molar-refractivity contribution in [1.29, 1.82) is 0 Å². The van der Waals surface area contributed by atoms with Crippen LogP contribution in [0.4, 0.5) is 32.2 Å². The predicted octanol–water partition coefficient (Wildman–Crippen LogP) is 3.67. The van der Waals surface area contributed by atoms with Gasteiger partial charge >= 0.3 is 12.4 Å². The lowest BCUT2D eigenvalue weighted by atomic mass is 10.2. The second-order valence-electron chi connectivity index (χ2n) is 7.13. The van der Waals surface area contributed by atoms with Crippen molar-refractivity contribution < 1.29 is 31.1 Å². The van der Waals surface area contributed by atoms with E-state index in [2.05, 4.69) is 4.98 Å². The van der Waals surface area contributed by atoms with Crippen LogP contribution in [-0.2, 0) is 23.7 Å². The SMILES string of the molecule is O=C(Cn1cc(C(F)(F)F)cc(Cl)c1=O)N1CCCN(c2ccc(C(F)(F)F)cn2)CC1. The van der Waals surface area contributed by atoms with Crippen molar-refractivity contribution >= 4 is 23.3 Å². The van der Waals surface area contributed by atoms with E-state index in [1.807, 2.05) is 0 Å². The minimum atomic E-state index is -4.74. The third-order valence-corrected chi connectivity index (χ3v) is 5.19. The minimum absolute atomic E-state index is 0.156. The summed E-state index contributed by atoms with van der Waals surface area (Å²) in [5.41, 5.74) is -2.94. The molecule has 0 bridgehead atoms. The zero-order chi connectivity index (χ0) is 23.7. The summed E-state index contributed by atoms with van der Waals surface area (Å²) in [6, 6.07) is 2.66. The fraction of sp³-hybridized carbons (Fsp3) is 0.421. The number of anilines is 1. The van der Waals surface area contributed by atoms with E-state index < -0.39 is 46.5 Å². The lowest BCUT2D eigenvalue weighted by Crippen LogP contribution is -2.39. The molecule has 13 heteroatoms. The van der Waals surface area contributed by atoms with E-state index in [9.17, 15) is 35.9 Å². The molecule has 0 atom stereocenters. The van der Waals surface area contributed by atoms with Crippen LogP contribution >= 0.6 is 11.6 Å². The molecule has 1 saturated heterocycles. The van der Waals surface area contributed by atoms with Gasteiger partial charge in [-0.25, -0.2) is 4.98 Å². The molecule has 6 nitrogen and oxygen atoms in total. The molecule has 174 valence electrons. The third kappa shape index (κ3) is 5.53. The van der Waals surface area contributed by atoms with Gasteiger partial charge in [-0.15, -0.1) is 0 Å². The third-order valence-electron chi connectivity index (χ3n) is 4.92. The molecule has 0 N–H and O–H groups in total. The van der Waals surface area contributed by atoms with Gasteiger partial charge in [0.15, 0.2) is 0 Å². The molecule has 3 rings (SSSR count). The summed E-state index contributed by atoms with van der Waals surface area (Å²) < 4.78 is 77.6. The van der Waals surface area contributed by atoms with Crippen molar-refractivity contribution in [2.75, 3.05) is 31.1 Å². The Balaban J connectivity index is 1.69. The maximum absolute atomic E-state index is 13.0. The molecule has 3 heterocycles. The number of alkyl halides is 6. The van der Waals surface area contributed by atoms with Crippen molar-refractivity contribution in [3.05, 3.63) is 57.1 Å². The molecule has 0 radical (unpaired) electrons. The molecule has 0 aliphatic carbocycles. The van der Waals surface area contributed by atoms with Crippen LogP contribution in [0.3, 0.4) is 0 Å². The minimum Gasteiger partial charge on any atom is -0.355 e. The van der Waals surface area contributed by atoms with Gasteiger partial charge in [-0.05, 0) is 24.6 Å². The van der Waals surface area contributed by atoms with Gasteiger partial charge in [0, 0.05) is 38.6 Å². The fourth-order valence-corrected chi connectivity index (χ4v) is 3.48. The van der Waals surface area contributed by atoms with Crippen LogP contribution in [0.2, 0.25) is 5.02 Å². The molecular weight excluding hydrogens is 466 g/mol. The second-order valence-corrected chi connectivity index (χ2v) is 7.54. The van der Waals surface area contributed by atoms with Crippen LogP contribution in [-0.4, -0.2) is 46.5 Å². The Hall–Kier alpha value is -2.76. The van der Waals surface area contributed by atoms with Crippen LogP contribution < -0.4 is 10.5 Å². The zero-order valence-electron chi connectivity index (χ0n) is 16.4. The second kappa shape index (κ2) is 9.00. The first-order valence-electron chi connectivity index (χ1n) is 9.39. The number of halogens is 7. The van der Waals surface area contributed by atoms with Crippen LogP contribution in [0, 0.1) is 0 Å². The molecule has 0 spiro atoms. The average Bonchev–Trinajstić information content (AvgIpc) is 2.96. The number of amides is 1. The van der Waals surface area contributed by atoms with Gasteiger partial charge < -0.3 is 14.4 Å². The Labute approximate surface area is 183 Å². The largest absolute Gasteiger partial charge is 0.417 e. The number of carbonyl (C=O) groups excluding carboxylic acids is 1. The van der Waals surface area contributed by atoms with Gasteiger partial charge in [-0.3, -0.25) is 9.59 Å². The van der Waals surface area contributed by atoms with Gasteiger partial charge in [0.25, 0.3) is 5.56 Å². The van der Waals surface area contributed by atoms with E-state index >= 15 is 0 Å². The molecule has 32 heavy (non-hydrogen) atoms. The summed E-state index contributed by atoms with van der Waals surface area (Å²) in [4.78, 5) is 31.6. The maximum Gasteiger partial charge on any atom is 0.417 e. The molecule has 2 aromatic rings. The summed E-state index contributed by atoms with van der Waals surface area (Å²) in [6.07, 6.45) is -7.51. The first-order chi connectivity index (χ1) is 14.9. The monoisotopic (exact) mass is 482 g/mol. The number of carbonyl (C=O) groups is 1. The summed E-state index contributed by atoms with van der Waals surface area (Å²) in [6.45, 7) is 0.460. The van der Waals surface area contributed by atoms with E-state index in [1.165, 1.54) is 11.0 Å². The Bertz CT molecular complexity index is 1040. The molecule has 2 aromatic heterocycles. The lowest BCUT2D eigenvalue weighted by molar-refractivity contribution is -0.139. The molecule has 0 unspecified atom stereocenters. The molecular formula is C19H17ClF6N4O2. The number of aromatic nitrogens is 2. The summed E-state index contributed by atoms with van der Waals surface area (Å²) in [5, 5.41) is -0.650. The Morgan fingerprint density at radius 2 is 1.69 bits per heavy atom. The number of rotatable bonds is 3. The highest BCUT2D eigenvalue weighted by atomic mass is 35.5. The van der Waals surface area contributed by atoms with E-state index in [4.69, 9.17) is 11.6 Å². The topological polar surface area (TPSA) is 58.4 Å². The molecule has 0 saturated carbocycles. The zero-order valence-corrected chi connectivity index (χ0v) is 17.1.